The third kappa shape index (κ3) is 3.27. The lowest BCUT2D eigenvalue weighted by Crippen LogP contribution is -2.30. The molecule has 120 valence electrons. The van der Waals surface area contributed by atoms with E-state index in [0.29, 0.717) is 5.92 Å². The van der Waals surface area contributed by atoms with Crippen LogP contribution in [0, 0.1) is 5.92 Å². The van der Waals surface area contributed by atoms with Gasteiger partial charge in [0.1, 0.15) is 11.6 Å². The van der Waals surface area contributed by atoms with Crippen LogP contribution in [0.1, 0.15) is 91.6 Å². The number of hydrogen-bond acceptors (Lipinski definition) is 2. The Kier molecular flexibility index (Phi) is 4.16. The van der Waals surface area contributed by atoms with Crippen molar-refractivity contribution in [2.45, 2.75) is 91.0 Å². The molecule has 1 aliphatic carbocycles. The molecule has 2 unspecified atom stereocenters. The highest BCUT2D eigenvalue weighted by molar-refractivity contribution is 5.43. The summed E-state index contributed by atoms with van der Waals surface area (Å²) in [5, 5.41) is 0. The highest BCUT2D eigenvalue weighted by Crippen LogP contribution is 2.41. The van der Waals surface area contributed by atoms with Gasteiger partial charge in [0.25, 0.3) is 0 Å². The van der Waals surface area contributed by atoms with Crippen molar-refractivity contribution in [1.82, 2.24) is 9.55 Å². The zero-order valence-electron chi connectivity index (χ0n) is 15.0. The van der Waals surface area contributed by atoms with Crippen molar-refractivity contribution in [2.24, 2.45) is 5.92 Å². The fourth-order valence-corrected chi connectivity index (χ4v) is 3.62. The fraction of sp³-hybridized carbons (Fsp3) is 0.833. The van der Waals surface area contributed by atoms with Crippen LogP contribution in [-0.4, -0.2) is 9.55 Å². The maximum absolute atomic E-state index is 6.56. The smallest absolute Gasteiger partial charge is 0.127 e. The van der Waals surface area contributed by atoms with Gasteiger partial charge in [-0.05, 0) is 39.5 Å². The maximum Gasteiger partial charge on any atom is 0.127 e. The summed E-state index contributed by atoms with van der Waals surface area (Å²) in [5.41, 5.74) is 7.70. The van der Waals surface area contributed by atoms with Crippen LogP contribution in [0.25, 0.3) is 0 Å². The summed E-state index contributed by atoms with van der Waals surface area (Å²) >= 11 is 0. The molecule has 1 fully saturated rings. The van der Waals surface area contributed by atoms with Gasteiger partial charge in [0, 0.05) is 16.9 Å². The largest absolute Gasteiger partial charge is 0.384 e. The molecule has 1 aromatic rings. The molecule has 2 rings (SSSR count). The highest BCUT2D eigenvalue weighted by atomic mass is 15.2. The average Bonchev–Trinajstić information content (AvgIpc) is 2.66. The molecule has 1 aromatic heterocycles. The molecule has 0 aliphatic heterocycles. The number of anilines is 1. The summed E-state index contributed by atoms with van der Waals surface area (Å²) in [5.74, 6) is 3.35. The van der Waals surface area contributed by atoms with E-state index in [1.807, 2.05) is 0 Å². The maximum atomic E-state index is 6.56. The van der Waals surface area contributed by atoms with Crippen LogP contribution < -0.4 is 5.73 Å². The van der Waals surface area contributed by atoms with Crippen molar-refractivity contribution < 1.29 is 0 Å². The second-order valence-electron chi connectivity index (χ2n) is 8.93. The molecule has 1 heterocycles. The molecule has 0 spiro atoms. The lowest BCUT2D eigenvalue weighted by molar-refractivity contribution is 0.340. The lowest BCUT2D eigenvalue weighted by Gasteiger charge is -2.30. The molecule has 0 bridgehead atoms. The van der Waals surface area contributed by atoms with E-state index in [0.717, 1.165) is 23.3 Å². The second-order valence-corrected chi connectivity index (χ2v) is 8.93. The normalized spacial score (nSPS) is 24.3. The monoisotopic (exact) mass is 291 g/mol. The summed E-state index contributed by atoms with van der Waals surface area (Å²) < 4.78 is 2.27. The van der Waals surface area contributed by atoms with Crippen molar-refractivity contribution in [3.63, 3.8) is 0 Å². The minimum absolute atomic E-state index is 0.0138. The van der Waals surface area contributed by atoms with Gasteiger partial charge in [0.2, 0.25) is 0 Å². The summed E-state index contributed by atoms with van der Waals surface area (Å²) in [6.45, 7) is 15.7. The van der Waals surface area contributed by atoms with Gasteiger partial charge in [0.15, 0.2) is 0 Å². The van der Waals surface area contributed by atoms with Gasteiger partial charge < -0.3 is 10.3 Å². The van der Waals surface area contributed by atoms with Gasteiger partial charge in [-0.15, -0.1) is 0 Å². The zero-order valence-corrected chi connectivity index (χ0v) is 15.0. The molecule has 21 heavy (non-hydrogen) atoms. The van der Waals surface area contributed by atoms with Crippen molar-refractivity contribution in [1.29, 1.82) is 0 Å². The van der Waals surface area contributed by atoms with Crippen LogP contribution in [0.4, 0.5) is 5.82 Å². The summed E-state index contributed by atoms with van der Waals surface area (Å²) in [6, 6.07) is 0. The quantitative estimate of drug-likeness (QED) is 0.806. The number of nitrogens with zero attached hydrogens (tertiary/aromatic N) is 2. The van der Waals surface area contributed by atoms with Crippen LogP contribution in [-0.2, 0) is 11.0 Å². The number of rotatable bonds is 1. The van der Waals surface area contributed by atoms with Gasteiger partial charge in [-0.1, -0.05) is 40.5 Å². The van der Waals surface area contributed by atoms with Crippen LogP contribution in [0.15, 0.2) is 0 Å². The van der Waals surface area contributed by atoms with Crippen molar-refractivity contribution in [3.05, 3.63) is 11.5 Å². The van der Waals surface area contributed by atoms with Crippen molar-refractivity contribution in [3.8, 4) is 0 Å². The van der Waals surface area contributed by atoms with E-state index in [1.165, 1.54) is 25.7 Å². The SMILES string of the molecule is CC1CCCC(c2nc(C(C)(C)C)n(C(C)(C)C)c2N)C1. The van der Waals surface area contributed by atoms with Crippen LogP contribution >= 0.6 is 0 Å². The zero-order chi connectivity index (χ0) is 16.0. The molecule has 2 N–H and O–H groups in total. The first-order valence-electron chi connectivity index (χ1n) is 8.41. The van der Waals surface area contributed by atoms with Crippen LogP contribution in [0.2, 0.25) is 0 Å². The summed E-state index contributed by atoms with van der Waals surface area (Å²) in [4.78, 5) is 5.04. The van der Waals surface area contributed by atoms with Crippen LogP contribution in [0.3, 0.4) is 0 Å². The van der Waals surface area contributed by atoms with Crippen molar-refractivity contribution in [2.75, 3.05) is 5.73 Å². The Bertz CT molecular complexity index is 500. The first-order valence-corrected chi connectivity index (χ1v) is 8.41. The molecule has 0 saturated heterocycles. The van der Waals surface area contributed by atoms with E-state index >= 15 is 0 Å². The van der Waals surface area contributed by atoms with E-state index in [1.54, 1.807) is 0 Å². The second kappa shape index (κ2) is 5.33. The van der Waals surface area contributed by atoms with E-state index in [4.69, 9.17) is 10.7 Å². The fourth-order valence-electron chi connectivity index (χ4n) is 3.62. The highest BCUT2D eigenvalue weighted by Gasteiger charge is 2.33. The topological polar surface area (TPSA) is 43.8 Å². The van der Waals surface area contributed by atoms with E-state index < -0.39 is 0 Å². The minimum atomic E-state index is -0.0295. The average molecular weight is 291 g/mol. The van der Waals surface area contributed by atoms with Gasteiger partial charge in [-0.25, -0.2) is 4.98 Å². The van der Waals surface area contributed by atoms with Crippen LogP contribution in [0.5, 0.6) is 0 Å². The van der Waals surface area contributed by atoms with Gasteiger partial charge in [-0.3, -0.25) is 0 Å². The summed E-state index contributed by atoms with van der Waals surface area (Å²) in [6.07, 6.45) is 5.12. The molecular formula is C18H33N3. The van der Waals surface area contributed by atoms with Crippen molar-refractivity contribution >= 4 is 5.82 Å². The minimum Gasteiger partial charge on any atom is -0.384 e. The molecule has 3 nitrogen and oxygen atoms in total. The van der Waals surface area contributed by atoms with Gasteiger partial charge in [0.05, 0.1) is 5.69 Å². The predicted molar refractivity (Wildman–Crippen MR) is 90.7 cm³/mol. The van der Waals surface area contributed by atoms with Gasteiger partial charge in [-0.2, -0.15) is 0 Å². The Hall–Kier alpha value is -0.990. The summed E-state index contributed by atoms with van der Waals surface area (Å²) in [7, 11) is 0. The molecule has 1 saturated carbocycles. The molecule has 0 amide bonds. The Morgan fingerprint density at radius 1 is 1.10 bits per heavy atom. The van der Waals surface area contributed by atoms with E-state index in [9.17, 15) is 0 Å². The standard InChI is InChI=1S/C18H33N3/c1-12-9-8-10-13(11-12)14-15(19)21(18(5,6)7)16(20-14)17(2,3)4/h12-13H,8-11,19H2,1-7H3. The molecule has 0 aromatic carbocycles. The number of nitrogen functional groups attached to an aromatic ring is 1. The third-order valence-electron chi connectivity index (χ3n) is 4.61. The lowest BCUT2D eigenvalue weighted by atomic mass is 9.81. The van der Waals surface area contributed by atoms with E-state index in [-0.39, 0.29) is 11.0 Å². The van der Waals surface area contributed by atoms with Gasteiger partial charge >= 0.3 is 0 Å². The Balaban J connectivity index is 2.51. The van der Waals surface area contributed by atoms with E-state index in [2.05, 4.69) is 53.0 Å². The molecule has 2 atom stereocenters. The first kappa shape index (κ1) is 16.4. The number of hydrogen-bond donors (Lipinski definition) is 1. The number of imidazole rings is 1. The molecular weight excluding hydrogens is 258 g/mol. The Labute approximate surface area is 130 Å². The third-order valence-corrected chi connectivity index (χ3v) is 4.61. The Morgan fingerprint density at radius 3 is 2.14 bits per heavy atom. The number of aromatic nitrogens is 2. The Morgan fingerprint density at radius 2 is 1.71 bits per heavy atom. The number of nitrogens with two attached hydrogens (primary N) is 1. The predicted octanol–water partition coefficient (Wildman–Crippen LogP) is 4.81. The first-order chi connectivity index (χ1) is 9.51. The molecule has 3 heteroatoms. The molecule has 1 aliphatic rings. The molecule has 0 radical (unpaired) electrons.